The first kappa shape index (κ1) is 14.9. The van der Waals surface area contributed by atoms with E-state index < -0.39 is 0 Å². The van der Waals surface area contributed by atoms with Gasteiger partial charge in [-0.25, -0.2) is 4.98 Å². The maximum absolute atomic E-state index is 11.9. The molecule has 3 aromatic rings. The molecule has 3 aromatic heterocycles. The normalized spacial score (nSPS) is 10.8. The fourth-order valence-electron chi connectivity index (χ4n) is 2.15. The van der Waals surface area contributed by atoms with E-state index in [0.717, 1.165) is 12.1 Å². The average molecular weight is 315 g/mol. The van der Waals surface area contributed by atoms with E-state index in [0.29, 0.717) is 36.7 Å². The molecular weight excluding hydrogens is 298 g/mol. The summed E-state index contributed by atoms with van der Waals surface area (Å²) in [5.74, 6) is 1.06. The number of carbonyl (C=O) groups is 1. The van der Waals surface area contributed by atoms with Gasteiger partial charge in [-0.15, -0.1) is 15.3 Å². The zero-order chi connectivity index (χ0) is 16.1. The van der Waals surface area contributed by atoms with Crippen LogP contribution in [0.2, 0.25) is 0 Å². The van der Waals surface area contributed by atoms with E-state index in [9.17, 15) is 4.79 Å². The third-order valence-corrected chi connectivity index (χ3v) is 3.36. The third kappa shape index (κ3) is 3.62. The zero-order valence-electron chi connectivity index (χ0n) is 12.7. The first-order valence-electron chi connectivity index (χ1n) is 7.25. The van der Waals surface area contributed by atoms with Gasteiger partial charge in [-0.05, 0) is 6.07 Å². The molecule has 0 aliphatic heterocycles. The van der Waals surface area contributed by atoms with E-state index in [1.165, 1.54) is 0 Å². The number of ether oxygens (including phenoxy) is 1. The molecule has 9 heteroatoms. The number of methoxy groups -OCH3 is 1. The van der Waals surface area contributed by atoms with Crippen LogP contribution in [-0.2, 0) is 17.6 Å². The quantitative estimate of drug-likeness (QED) is 0.642. The Morgan fingerprint density at radius 1 is 1.35 bits per heavy atom. The van der Waals surface area contributed by atoms with Crippen molar-refractivity contribution < 1.29 is 9.53 Å². The van der Waals surface area contributed by atoms with Crippen LogP contribution < -0.4 is 10.1 Å². The first-order valence-corrected chi connectivity index (χ1v) is 7.25. The second kappa shape index (κ2) is 6.86. The van der Waals surface area contributed by atoms with Crippen molar-refractivity contribution in [3.05, 3.63) is 36.2 Å². The van der Waals surface area contributed by atoms with Crippen LogP contribution in [0.4, 0.5) is 0 Å². The van der Waals surface area contributed by atoms with E-state index in [2.05, 4.69) is 30.6 Å². The SMILES string of the molecule is COc1ccc2nnc(CCC(=O)NCCc3cnc[nH]3)n2n1. The molecule has 0 fully saturated rings. The van der Waals surface area contributed by atoms with Crippen LogP contribution in [0.15, 0.2) is 24.7 Å². The molecule has 120 valence electrons. The van der Waals surface area contributed by atoms with Gasteiger partial charge >= 0.3 is 0 Å². The predicted molar refractivity (Wildman–Crippen MR) is 81.0 cm³/mol. The summed E-state index contributed by atoms with van der Waals surface area (Å²) in [5, 5.41) is 15.2. The Kier molecular flexibility index (Phi) is 4.46. The summed E-state index contributed by atoms with van der Waals surface area (Å²) in [4.78, 5) is 18.8. The van der Waals surface area contributed by atoms with Gasteiger partial charge in [0, 0.05) is 43.8 Å². The molecule has 1 amide bonds. The molecule has 3 rings (SSSR count). The standard InChI is InChI=1S/C14H17N7O2/c1-23-14-5-3-12-19-18-11(21(12)20-14)2-4-13(22)16-7-6-10-8-15-9-17-10/h3,5,8-9H,2,4,6-7H2,1H3,(H,15,17)(H,16,22). The number of aromatic nitrogens is 6. The topological polar surface area (TPSA) is 110 Å². The van der Waals surface area contributed by atoms with Gasteiger partial charge in [-0.3, -0.25) is 4.79 Å². The number of hydrogen-bond acceptors (Lipinski definition) is 6. The Morgan fingerprint density at radius 3 is 3.04 bits per heavy atom. The number of H-pyrrole nitrogens is 1. The van der Waals surface area contributed by atoms with E-state index >= 15 is 0 Å². The Hall–Kier alpha value is -2.97. The fourth-order valence-corrected chi connectivity index (χ4v) is 2.15. The molecule has 3 heterocycles. The van der Waals surface area contributed by atoms with E-state index in [1.54, 1.807) is 36.3 Å². The molecule has 0 aromatic carbocycles. The fraction of sp³-hybridized carbons (Fsp3) is 0.357. The number of hydrogen-bond donors (Lipinski definition) is 2. The van der Waals surface area contributed by atoms with Crippen LogP contribution in [-0.4, -0.2) is 49.3 Å². The lowest BCUT2D eigenvalue weighted by Gasteiger charge is -2.04. The summed E-state index contributed by atoms with van der Waals surface area (Å²) in [5.41, 5.74) is 1.62. The van der Waals surface area contributed by atoms with Crippen molar-refractivity contribution in [1.29, 1.82) is 0 Å². The molecule has 0 radical (unpaired) electrons. The molecular formula is C14H17N7O2. The molecule has 9 nitrogen and oxygen atoms in total. The van der Waals surface area contributed by atoms with Gasteiger partial charge in [-0.1, -0.05) is 0 Å². The minimum absolute atomic E-state index is 0.0378. The monoisotopic (exact) mass is 315 g/mol. The van der Waals surface area contributed by atoms with Gasteiger partial charge in [0.05, 0.1) is 13.4 Å². The van der Waals surface area contributed by atoms with Gasteiger partial charge in [0.2, 0.25) is 11.8 Å². The first-order chi connectivity index (χ1) is 11.3. The number of imidazole rings is 1. The Morgan fingerprint density at radius 2 is 2.26 bits per heavy atom. The Balaban J connectivity index is 1.52. The lowest BCUT2D eigenvalue weighted by molar-refractivity contribution is -0.121. The lowest BCUT2D eigenvalue weighted by atomic mass is 10.2. The van der Waals surface area contributed by atoms with Gasteiger partial charge < -0.3 is 15.0 Å². The van der Waals surface area contributed by atoms with E-state index in [4.69, 9.17) is 4.74 Å². The summed E-state index contributed by atoms with van der Waals surface area (Å²) in [6, 6.07) is 3.49. The van der Waals surface area contributed by atoms with Crippen molar-refractivity contribution >= 4 is 11.6 Å². The second-order valence-electron chi connectivity index (χ2n) is 4.94. The van der Waals surface area contributed by atoms with Crippen molar-refractivity contribution in [3.8, 4) is 5.88 Å². The number of nitrogens with zero attached hydrogens (tertiary/aromatic N) is 5. The van der Waals surface area contributed by atoms with Gasteiger partial charge in [0.15, 0.2) is 11.5 Å². The van der Waals surface area contributed by atoms with E-state index in [1.807, 2.05) is 0 Å². The highest BCUT2D eigenvalue weighted by Crippen LogP contribution is 2.09. The van der Waals surface area contributed by atoms with Crippen LogP contribution in [0, 0.1) is 0 Å². The van der Waals surface area contributed by atoms with Crippen molar-refractivity contribution in [2.24, 2.45) is 0 Å². The molecule has 0 aliphatic rings. The maximum Gasteiger partial charge on any atom is 0.231 e. The summed E-state index contributed by atoms with van der Waals surface area (Å²) < 4.78 is 6.68. The zero-order valence-corrected chi connectivity index (χ0v) is 12.7. The second-order valence-corrected chi connectivity index (χ2v) is 4.94. The highest BCUT2D eigenvalue weighted by molar-refractivity contribution is 5.76. The molecule has 2 N–H and O–H groups in total. The van der Waals surface area contributed by atoms with Gasteiger partial charge in [-0.2, -0.15) is 4.52 Å². The number of amides is 1. The van der Waals surface area contributed by atoms with E-state index in [-0.39, 0.29) is 5.91 Å². The highest BCUT2D eigenvalue weighted by Gasteiger charge is 2.10. The number of nitrogens with one attached hydrogen (secondary N) is 2. The third-order valence-electron chi connectivity index (χ3n) is 3.36. The summed E-state index contributed by atoms with van der Waals surface area (Å²) in [6.07, 6.45) is 4.86. The molecule has 0 unspecified atom stereocenters. The van der Waals surface area contributed by atoms with Crippen LogP contribution in [0.3, 0.4) is 0 Å². The lowest BCUT2D eigenvalue weighted by Crippen LogP contribution is -2.26. The largest absolute Gasteiger partial charge is 0.480 e. The van der Waals surface area contributed by atoms with Crippen molar-refractivity contribution in [1.82, 2.24) is 35.1 Å². The minimum Gasteiger partial charge on any atom is -0.480 e. The molecule has 0 saturated carbocycles. The number of fused-ring (bicyclic) bond motifs is 1. The van der Waals surface area contributed by atoms with Crippen molar-refractivity contribution in [2.75, 3.05) is 13.7 Å². The molecule has 0 spiro atoms. The van der Waals surface area contributed by atoms with Crippen molar-refractivity contribution in [2.45, 2.75) is 19.3 Å². The van der Waals surface area contributed by atoms with Crippen LogP contribution in [0.1, 0.15) is 17.9 Å². The van der Waals surface area contributed by atoms with Crippen LogP contribution >= 0.6 is 0 Å². The van der Waals surface area contributed by atoms with Crippen molar-refractivity contribution in [3.63, 3.8) is 0 Å². The Bertz CT molecular complexity index is 782. The smallest absolute Gasteiger partial charge is 0.231 e. The number of aryl methyl sites for hydroxylation is 1. The molecule has 0 saturated heterocycles. The Labute approximate surface area is 132 Å². The predicted octanol–water partition coefficient (Wildman–Crippen LogP) is 0.147. The summed E-state index contributed by atoms with van der Waals surface area (Å²) >= 11 is 0. The molecule has 0 aliphatic carbocycles. The molecule has 0 bridgehead atoms. The summed E-state index contributed by atoms with van der Waals surface area (Å²) in [7, 11) is 1.55. The highest BCUT2D eigenvalue weighted by atomic mass is 16.5. The minimum atomic E-state index is -0.0378. The van der Waals surface area contributed by atoms with Crippen LogP contribution in [0.25, 0.3) is 5.65 Å². The van der Waals surface area contributed by atoms with Gasteiger partial charge in [0.25, 0.3) is 0 Å². The number of aromatic amines is 1. The number of rotatable bonds is 7. The van der Waals surface area contributed by atoms with Crippen LogP contribution in [0.5, 0.6) is 5.88 Å². The maximum atomic E-state index is 11.9. The summed E-state index contributed by atoms with van der Waals surface area (Å²) in [6.45, 7) is 0.563. The molecule has 23 heavy (non-hydrogen) atoms. The molecule has 0 atom stereocenters. The number of carbonyl (C=O) groups excluding carboxylic acids is 1. The van der Waals surface area contributed by atoms with Gasteiger partial charge in [0.1, 0.15) is 0 Å². The average Bonchev–Trinajstić information content (AvgIpc) is 3.22.